The van der Waals surface area contributed by atoms with Gasteiger partial charge in [-0.2, -0.15) is 16.9 Å². The van der Waals surface area contributed by atoms with Crippen LogP contribution in [0.3, 0.4) is 0 Å². The summed E-state index contributed by atoms with van der Waals surface area (Å²) >= 11 is 4.50. The molecule has 0 aliphatic heterocycles. The van der Waals surface area contributed by atoms with Crippen molar-refractivity contribution in [1.29, 1.82) is 0 Å². The molecule has 0 saturated heterocycles. The smallest absolute Gasteiger partial charge is 0.243 e. The van der Waals surface area contributed by atoms with Crippen molar-refractivity contribution < 1.29 is 13.2 Å². The van der Waals surface area contributed by atoms with Gasteiger partial charge < -0.3 is 4.74 Å². The summed E-state index contributed by atoms with van der Waals surface area (Å²) in [5.41, 5.74) is 2.01. The molecule has 0 aromatic heterocycles. The SMILES string of the molecule is COc1ccc(S(=O)(=O)N(Cc2ccccc2)C(CS)Cc2ccccc2)cc1. The number of hydrogen-bond acceptors (Lipinski definition) is 4. The van der Waals surface area contributed by atoms with Crippen LogP contribution in [0.4, 0.5) is 0 Å². The van der Waals surface area contributed by atoms with Crippen LogP contribution in [0.1, 0.15) is 11.1 Å². The van der Waals surface area contributed by atoms with Crippen LogP contribution in [-0.4, -0.2) is 31.6 Å². The monoisotopic (exact) mass is 427 g/mol. The molecule has 3 aromatic carbocycles. The van der Waals surface area contributed by atoms with Crippen molar-refractivity contribution >= 4 is 22.7 Å². The van der Waals surface area contributed by atoms with Gasteiger partial charge in [0, 0.05) is 18.3 Å². The molecule has 1 unspecified atom stereocenters. The van der Waals surface area contributed by atoms with Gasteiger partial charge in [0.1, 0.15) is 5.75 Å². The molecule has 0 amide bonds. The maximum atomic E-state index is 13.6. The molecule has 0 saturated carbocycles. The van der Waals surface area contributed by atoms with Crippen LogP contribution in [0, 0.1) is 0 Å². The van der Waals surface area contributed by atoms with Gasteiger partial charge in [-0.1, -0.05) is 60.7 Å². The first-order valence-electron chi connectivity index (χ1n) is 9.39. The predicted molar refractivity (Wildman–Crippen MR) is 120 cm³/mol. The molecule has 3 aromatic rings. The van der Waals surface area contributed by atoms with E-state index in [1.54, 1.807) is 35.7 Å². The van der Waals surface area contributed by atoms with Crippen LogP contribution in [0.5, 0.6) is 5.75 Å². The van der Waals surface area contributed by atoms with Crippen LogP contribution in [0.2, 0.25) is 0 Å². The van der Waals surface area contributed by atoms with Gasteiger partial charge in [-0.15, -0.1) is 0 Å². The molecule has 0 aliphatic rings. The van der Waals surface area contributed by atoms with Crippen molar-refractivity contribution in [1.82, 2.24) is 4.31 Å². The Morgan fingerprint density at radius 3 is 1.93 bits per heavy atom. The number of rotatable bonds is 9. The molecule has 0 radical (unpaired) electrons. The van der Waals surface area contributed by atoms with E-state index in [0.717, 1.165) is 11.1 Å². The second kappa shape index (κ2) is 9.96. The minimum absolute atomic E-state index is 0.245. The highest BCUT2D eigenvalue weighted by molar-refractivity contribution is 7.89. The van der Waals surface area contributed by atoms with Crippen molar-refractivity contribution in [3.8, 4) is 5.75 Å². The molecular formula is C23H25NO3S2. The van der Waals surface area contributed by atoms with Gasteiger partial charge in [-0.25, -0.2) is 8.42 Å². The molecule has 0 fully saturated rings. The molecule has 0 aliphatic carbocycles. The highest BCUT2D eigenvalue weighted by Gasteiger charge is 2.31. The van der Waals surface area contributed by atoms with Crippen molar-refractivity contribution in [2.24, 2.45) is 0 Å². The van der Waals surface area contributed by atoms with Crippen molar-refractivity contribution in [3.05, 3.63) is 96.1 Å². The number of hydrogen-bond donors (Lipinski definition) is 1. The fourth-order valence-corrected chi connectivity index (χ4v) is 5.25. The molecule has 4 nitrogen and oxygen atoms in total. The van der Waals surface area contributed by atoms with Crippen molar-refractivity contribution in [2.75, 3.05) is 12.9 Å². The molecule has 152 valence electrons. The first-order chi connectivity index (χ1) is 14.0. The van der Waals surface area contributed by atoms with E-state index in [4.69, 9.17) is 4.74 Å². The Bertz CT molecular complexity index is 991. The summed E-state index contributed by atoms with van der Waals surface area (Å²) in [4.78, 5) is 0.245. The predicted octanol–water partition coefficient (Wildman–Crippen LogP) is 4.43. The first-order valence-corrected chi connectivity index (χ1v) is 11.5. The maximum Gasteiger partial charge on any atom is 0.243 e. The summed E-state index contributed by atoms with van der Waals surface area (Å²) in [6.45, 7) is 0.285. The molecule has 1 atom stereocenters. The van der Waals surface area contributed by atoms with Gasteiger partial charge in [0.05, 0.1) is 12.0 Å². The van der Waals surface area contributed by atoms with Gasteiger partial charge in [-0.3, -0.25) is 0 Å². The zero-order chi connectivity index (χ0) is 20.7. The molecule has 0 spiro atoms. The van der Waals surface area contributed by atoms with Crippen LogP contribution in [-0.2, 0) is 23.0 Å². The Hall–Kier alpha value is -2.28. The third-order valence-electron chi connectivity index (χ3n) is 4.78. The fraction of sp³-hybridized carbons (Fsp3) is 0.217. The average molecular weight is 428 g/mol. The Balaban J connectivity index is 1.98. The van der Waals surface area contributed by atoms with E-state index in [-0.39, 0.29) is 17.5 Å². The van der Waals surface area contributed by atoms with Gasteiger partial charge in [0.25, 0.3) is 0 Å². The molecule has 6 heteroatoms. The summed E-state index contributed by atoms with van der Waals surface area (Å²) in [5, 5.41) is 0. The van der Waals surface area contributed by atoms with E-state index < -0.39 is 10.0 Å². The number of thiol groups is 1. The lowest BCUT2D eigenvalue weighted by Crippen LogP contribution is -2.42. The summed E-state index contributed by atoms with van der Waals surface area (Å²) in [6, 6.07) is 25.8. The number of nitrogens with zero attached hydrogens (tertiary/aromatic N) is 1. The molecule has 0 bridgehead atoms. The van der Waals surface area contributed by atoms with Crippen LogP contribution in [0.25, 0.3) is 0 Å². The van der Waals surface area contributed by atoms with Gasteiger partial charge >= 0.3 is 0 Å². The normalized spacial score (nSPS) is 12.7. The summed E-state index contributed by atoms with van der Waals surface area (Å²) in [6.07, 6.45) is 0.590. The van der Waals surface area contributed by atoms with E-state index in [0.29, 0.717) is 17.9 Å². The fourth-order valence-electron chi connectivity index (χ4n) is 3.20. The highest BCUT2D eigenvalue weighted by atomic mass is 32.2. The van der Waals surface area contributed by atoms with E-state index in [9.17, 15) is 8.42 Å². The molecule has 0 heterocycles. The summed E-state index contributed by atoms with van der Waals surface area (Å²) in [5.74, 6) is 1.03. The Morgan fingerprint density at radius 1 is 0.862 bits per heavy atom. The molecular weight excluding hydrogens is 402 g/mol. The molecule has 29 heavy (non-hydrogen) atoms. The Morgan fingerprint density at radius 2 is 1.41 bits per heavy atom. The second-order valence-electron chi connectivity index (χ2n) is 6.74. The number of sulfonamides is 1. The maximum absolute atomic E-state index is 13.6. The van der Waals surface area contributed by atoms with E-state index in [1.165, 1.54) is 0 Å². The van der Waals surface area contributed by atoms with Crippen LogP contribution >= 0.6 is 12.6 Å². The van der Waals surface area contributed by atoms with Gasteiger partial charge in [-0.05, 0) is 41.8 Å². The van der Waals surface area contributed by atoms with Gasteiger partial charge in [0.2, 0.25) is 10.0 Å². The number of benzene rings is 3. The Kier molecular flexibility index (Phi) is 7.36. The largest absolute Gasteiger partial charge is 0.497 e. The van der Waals surface area contributed by atoms with Crippen molar-refractivity contribution in [3.63, 3.8) is 0 Å². The summed E-state index contributed by atoms with van der Waals surface area (Å²) in [7, 11) is -2.17. The van der Waals surface area contributed by atoms with Crippen molar-refractivity contribution in [2.45, 2.75) is 23.9 Å². The Labute approximate surface area is 178 Å². The molecule has 0 N–H and O–H groups in total. The highest BCUT2D eigenvalue weighted by Crippen LogP contribution is 2.25. The topological polar surface area (TPSA) is 46.6 Å². The van der Waals surface area contributed by atoms with E-state index >= 15 is 0 Å². The zero-order valence-corrected chi connectivity index (χ0v) is 18.0. The quantitative estimate of drug-likeness (QED) is 0.514. The lowest BCUT2D eigenvalue weighted by Gasteiger charge is -2.30. The third-order valence-corrected chi connectivity index (χ3v) is 7.11. The minimum atomic E-state index is -3.73. The lowest BCUT2D eigenvalue weighted by molar-refractivity contribution is 0.332. The molecule has 3 rings (SSSR count). The van der Waals surface area contributed by atoms with Gasteiger partial charge in [0.15, 0.2) is 0 Å². The summed E-state index contributed by atoms with van der Waals surface area (Å²) < 4.78 is 33.9. The standard InChI is InChI=1S/C23H25NO3S2/c1-27-22-12-14-23(15-13-22)29(25,26)24(17-20-10-6-3-7-11-20)21(18-28)16-19-8-4-2-5-9-19/h2-15,21,28H,16-18H2,1H3. The minimum Gasteiger partial charge on any atom is -0.497 e. The number of ether oxygens (including phenoxy) is 1. The average Bonchev–Trinajstić information content (AvgIpc) is 2.77. The first kappa shape index (κ1) is 21.4. The third kappa shape index (κ3) is 5.41. The number of methoxy groups -OCH3 is 1. The lowest BCUT2D eigenvalue weighted by atomic mass is 10.1. The van der Waals surface area contributed by atoms with E-state index in [2.05, 4.69) is 12.6 Å². The van der Waals surface area contributed by atoms with E-state index in [1.807, 2.05) is 60.7 Å². The van der Waals surface area contributed by atoms with Crippen LogP contribution in [0.15, 0.2) is 89.8 Å². The zero-order valence-electron chi connectivity index (χ0n) is 16.3. The van der Waals surface area contributed by atoms with Crippen LogP contribution < -0.4 is 4.74 Å². The second-order valence-corrected chi connectivity index (χ2v) is 8.99.